The number of imidazole rings is 1. The molecule has 0 saturated heterocycles. The van der Waals surface area contributed by atoms with Crippen LogP contribution in [0.15, 0.2) is 55.2 Å². The molecular formula is C19H18FN5. The first-order valence-electron chi connectivity index (χ1n) is 8.12. The number of hydrogen-bond acceptors (Lipinski definition) is 3. The van der Waals surface area contributed by atoms with E-state index < -0.39 is 0 Å². The molecule has 0 amide bonds. The Labute approximate surface area is 144 Å². The van der Waals surface area contributed by atoms with Gasteiger partial charge in [0.25, 0.3) is 0 Å². The minimum Gasteiger partial charge on any atom is -0.357 e. The molecule has 4 aromatic rings. The van der Waals surface area contributed by atoms with Crippen molar-refractivity contribution < 1.29 is 4.39 Å². The number of benzene rings is 1. The average molecular weight is 335 g/mol. The maximum Gasteiger partial charge on any atom is 0.142 e. The average Bonchev–Trinajstić information content (AvgIpc) is 3.25. The molecule has 0 saturated carbocycles. The van der Waals surface area contributed by atoms with Gasteiger partial charge in [-0.05, 0) is 36.8 Å². The van der Waals surface area contributed by atoms with Crippen LogP contribution in [0.5, 0.6) is 0 Å². The Morgan fingerprint density at radius 2 is 2.12 bits per heavy atom. The van der Waals surface area contributed by atoms with Crippen molar-refractivity contribution in [1.29, 1.82) is 0 Å². The zero-order valence-electron chi connectivity index (χ0n) is 13.8. The van der Waals surface area contributed by atoms with E-state index in [1.165, 1.54) is 6.07 Å². The number of nitrogens with zero attached hydrogens (tertiary/aromatic N) is 3. The summed E-state index contributed by atoms with van der Waals surface area (Å²) in [6.45, 7) is 3.35. The molecule has 3 heterocycles. The molecule has 0 spiro atoms. The van der Waals surface area contributed by atoms with E-state index in [9.17, 15) is 4.39 Å². The first-order chi connectivity index (χ1) is 12.2. The van der Waals surface area contributed by atoms with Crippen molar-refractivity contribution in [3.63, 3.8) is 0 Å². The van der Waals surface area contributed by atoms with E-state index >= 15 is 0 Å². The third-order valence-corrected chi connectivity index (χ3v) is 4.36. The van der Waals surface area contributed by atoms with Crippen LogP contribution in [-0.2, 0) is 13.1 Å². The minimum absolute atomic E-state index is 0.213. The predicted octanol–water partition coefficient (Wildman–Crippen LogP) is 3.49. The summed E-state index contributed by atoms with van der Waals surface area (Å²) in [7, 11) is 0. The lowest BCUT2D eigenvalue weighted by molar-refractivity contribution is 0.629. The van der Waals surface area contributed by atoms with Crippen molar-refractivity contribution in [1.82, 2.24) is 24.8 Å². The zero-order chi connectivity index (χ0) is 17.2. The van der Waals surface area contributed by atoms with Gasteiger partial charge in [-0.25, -0.2) is 14.4 Å². The van der Waals surface area contributed by atoms with Gasteiger partial charge >= 0.3 is 0 Å². The van der Waals surface area contributed by atoms with Gasteiger partial charge in [0.1, 0.15) is 18.0 Å². The molecule has 0 aliphatic heterocycles. The number of aromatic amines is 1. The number of hydrogen-bond donors (Lipinski definition) is 2. The number of aryl methyl sites for hydroxylation is 1. The SMILES string of the molecule is Cc1c(CNCc2cccnc2-n2ccnc2)[nH]c2ccc(F)cc12. The first kappa shape index (κ1) is 15.5. The molecule has 0 radical (unpaired) electrons. The van der Waals surface area contributed by atoms with E-state index in [-0.39, 0.29) is 5.82 Å². The highest BCUT2D eigenvalue weighted by molar-refractivity contribution is 5.84. The van der Waals surface area contributed by atoms with Crippen molar-refractivity contribution in [2.45, 2.75) is 20.0 Å². The normalized spacial score (nSPS) is 11.3. The second-order valence-corrected chi connectivity index (χ2v) is 5.98. The summed E-state index contributed by atoms with van der Waals surface area (Å²) < 4.78 is 15.3. The summed E-state index contributed by atoms with van der Waals surface area (Å²) in [4.78, 5) is 11.9. The van der Waals surface area contributed by atoms with Crippen LogP contribution in [0.25, 0.3) is 16.7 Å². The van der Waals surface area contributed by atoms with E-state index in [0.717, 1.165) is 33.5 Å². The highest BCUT2D eigenvalue weighted by Crippen LogP contribution is 2.22. The van der Waals surface area contributed by atoms with Gasteiger partial charge in [0.15, 0.2) is 0 Å². The lowest BCUT2D eigenvalue weighted by atomic mass is 10.1. The second-order valence-electron chi connectivity index (χ2n) is 5.98. The number of pyridine rings is 1. The summed E-state index contributed by atoms with van der Waals surface area (Å²) in [5.74, 6) is 0.650. The van der Waals surface area contributed by atoms with E-state index in [2.05, 4.69) is 20.3 Å². The highest BCUT2D eigenvalue weighted by atomic mass is 19.1. The van der Waals surface area contributed by atoms with Gasteiger partial charge in [0, 0.05) is 53.8 Å². The van der Waals surface area contributed by atoms with Gasteiger partial charge in [-0.3, -0.25) is 4.57 Å². The second kappa shape index (κ2) is 6.49. The number of nitrogens with one attached hydrogen (secondary N) is 2. The quantitative estimate of drug-likeness (QED) is 0.587. The third kappa shape index (κ3) is 3.04. The Morgan fingerprint density at radius 3 is 2.96 bits per heavy atom. The smallest absolute Gasteiger partial charge is 0.142 e. The third-order valence-electron chi connectivity index (χ3n) is 4.36. The summed E-state index contributed by atoms with van der Waals surface area (Å²) in [6.07, 6.45) is 7.12. The fourth-order valence-electron chi connectivity index (χ4n) is 3.04. The summed E-state index contributed by atoms with van der Waals surface area (Å²) in [5.41, 5.74) is 4.17. The molecule has 6 heteroatoms. The lowest BCUT2D eigenvalue weighted by Crippen LogP contribution is -2.15. The van der Waals surface area contributed by atoms with Crippen LogP contribution in [0.3, 0.4) is 0 Å². The maximum atomic E-state index is 13.4. The molecule has 0 aliphatic rings. The molecule has 0 fully saturated rings. The van der Waals surface area contributed by atoms with Crippen LogP contribution in [0.4, 0.5) is 4.39 Å². The molecule has 0 aliphatic carbocycles. The number of halogens is 1. The summed E-state index contributed by atoms with van der Waals surface area (Å²) in [6, 6.07) is 8.79. The van der Waals surface area contributed by atoms with Crippen LogP contribution in [0, 0.1) is 12.7 Å². The Kier molecular flexibility index (Phi) is 4.03. The highest BCUT2D eigenvalue weighted by Gasteiger charge is 2.09. The monoisotopic (exact) mass is 335 g/mol. The Hall–Kier alpha value is -2.99. The van der Waals surface area contributed by atoms with Crippen LogP contribution in [0.1, 0.15) is 16.8 Å². The minimum atomic E-state index is -0.213. The lowest BCUT2D eigenvalue weighted by Gasteiger charge is -2.10. The standard InChI is InChI=1S/C19H18FN5/c1-13-16-9-15(20)4-5-17(16)24-18(13)11-22-10-14-3-2-6-23-19(14)25-8-7-21-12-25/h2-9,12,22,24H,10-11H2,1H3. The number of H-pyrrole nitrogens is 1. The Bertz CT molecular complexity index is 1000. The van der Waals surface area contributed by atoms with Crippen molar-refractivity contribution in [3.8, 4) is 5.82 Å². The summed E-state index contributed by atoms with van der Waals surface area (Å²) in [5, 5.41) is 4.37. The van der Waals surface area contributed by atoms with E-state index in [1.807, 2.05) is 29.8 Å². The van der Waals surface area contributed by atoms with Gasteiger partial charge in [0.05, 0.1) is 0 Å². The van der Waals surface area contributed by atoms with Gasteiger partial charge in [-0.15, -0.1) is 0 Å². The topological polar surface area (TPSA) is 58.5 Å². The van der Waals surface area contributed by atoms with E-state index in [1.54, 1.807) is 30.9 Å². The zero-order valence-corrected chi connectivity index (χ0v) is 13.8. The van der Waals surface area contributed by atoms with Crippen molar-refractivity contribution in [2.75, 3.05) is 0 Å². The van der Waals surface area contributed by atoms with Gasteiger partial charge in [-0.2, -0.15) is 0 Å². The molecule has 2 N–H and O–H groups in total. The summed E-state index contributed by atoms with van der Waals surface area (Å²) >= 11 is 0. The van der Waals surface area contributed by atoms with E-state index in [0.29, 0.717) is 13.1 Å². The number of rotatable bonds is 5. The van der Waals surface area contributed by atoms with Crippen LogP contribution in [0.2, 0.25) is 0 Å². The van der Waals surface area contributed by atoms with Crippen LogP contribution < -0.4 is 5.32 Å². The van der Waals surface area contributed by atoms with Crippen LogP contribution in [-0.4, -0.2) is 19.5 Å². The molecule has 126 valence electrons. The Balaban J connectivity index is 1.51. The fourth-order valence-corrected chi connectivity index (χ4v) is 3.04. The molecular weight excluding hydrogens is 317 g/mol. The number of fused-ring (bicyclic) bond motifs is 1. The molecule has 1 aromatic carbocycles. The molecule has 25 heavy (non-hydrogen) atoms. The number of aromatic nitrogens is 4. The molecule has 5 nitrogen and oxygen atoms in total. The van der Waals surface area contributed by atoms with Crippen molar-refractivity contribution in [3.05, 3.63) is 77.9 Å². The molecule has 0 bridgehead atoms. The van der Waals surface area contributed by atoms with Crippen molar-refractivity contribution in [2.24, 2.45) is 0 Å². The fraction of sp³-hybridized carbons (Fsp3) is 0.158. The maximum absolute atomic E-state index is 13.4. The largest absolute Gasteiger partial charge is 0.357 e. The van der Waals surface area contributed by atoms with E-state index in [4.69, 9.17) is 0 Å². The Morgan fingerprint density at radius 1 is 1.20 bits per heavy atom. The van der Waals surface area contributed by atoms with Gasteiger partial charge in [0.2, 0.25) is 0 Å². The van der Waals surface area contributed by atoms with Gasteiger partial charge < -0.3 is 10.3 Å². The predicted molar refractivity (Wildman–Crippen MR) is 94.9 cm³/mol. The van der Waals surface area contributed by atoms with Gasteiger partial charge in [-0.1, -0.05) is 6.07 Å². The molecule has 0 unspecified atom stereocenters. The molecule has 4 rings (SSSR count). The first-order valence-corrected chi connectivity index (χ1v) is 8.12. The van der Waals surface area contributed by atoms with Crippen LogP contribution >= 0.6 is 0 Å². The molecule has 0 atom stereocenters. The van der Waals surface area contributed by atoms with Crippen molar-refractivity contribution >= 4 is 10.9 Å². The molecule has 3 aromatic heterocycles.